The van der Waals surface area contributed by atoms with Crippen molar-refractivity contribution in [2.24, 2.45) is 0 Å². The van der Waals surface area contributed by atoms with Crippen molar-refractivity contribution in [3.63, 3.8) is 0 Å². The van der Waals surface area contributed by atoms with Crippen LogP contribution in [-0.2, 0) is 14.9 Å². The van der Waals surface area contributed by atoms with Crippen molar-refractivity contribution in [2.45, 2.75) is 56.4 Å². The summed E-state index contributed by atoms with van der Waals surface area (Å²) in [5.74, 6) is -0.351. The van der Waals surface area contributed by atoms with Crippen molar-refractivity contribution < 1.29 is 14.6 Å². The topological polar surface area (TPSA) is 68.5 Å². The highest BCUT2D eigenvalue weighted by atomic mass is 28.3. The Balaban J connectivity index is 2.10. The van der Waals surface area contributed by atoms with Gasteiger partial charge in [-0.1, -0.05) is 19.6 Å². The Morgan fingerprint density at radius 1 is 1.41 bits per heavy atom. The van der Waals surface area contributed by atoms with Crippen LogP contribution in [0.2, 0.25) is 25.2 Å². The molecule has 1 aromatic heterocycles. The Morgan fingerprint density at radius 3 is 2.64 bits per heavy atom. The minimum absolute atomic E-state index is 0.0126. The number of carbonyl (C=O) groups is 1. The van der Waals surface area contributed by atoms with Crippen molar-refractivity contribution in [3.8, 4) is 5.75 Å². The normalized spacial score (nSPS) is 29.5. The molecule has 120 valence electrons. The van der Waals surface area contributed by atoms with Crippen molar-refractivity contribution in [1.29, 1.82) is 0 Å². The van der Waals surface area contributed by atoms with Crippen molar-refractivity contribution in [2.75, 3.05) is 6.61 Å². The number of esters is 1. The summed E-state index contributed by atoms with van der Waals surface area (Å²) >= 11 is 0. The van der Waals surface area contributed by atoms with E-state index in [-0.39, 0.29) is 22.7 Å². The number of nitrogens with zero attached hydrogens (tertiary/aromatic N) is 1. The zero-order chi connectivity index (χ0) is 16.3. The number of pyridine rings is 1. The van der Waals surface area contributed by atoms with Gasteiger partial charge in [0.1, 0.15) is 11.8 Å². The maximum absolute atomic E-state index is 12.3. The van der Waals surface area contributed by atoms with Gasteiger partial charge in [-0.25, -0.2) is 4.79 Å². The first-order chi connectivity index (χ1) is 10.2. The minimum atomic E-state index is -1.40. The van der Waals surface area contributed by atoms with Crippen molar-refractivity contribution in [3.05, 3.63) is 28.2 Å². The summed E-state index contributed by atoms with van der Waals surface area (Å²) in [5.41, 5.74) is 0.917. The minimum Gasteiger partial charge on any atom is -0.508 e. The molecule has 2 aliphatic rings. The van der Waals surface area contributed by atoms with Gasteiger partial charge < -0.3 is 9.84 Å². The largest absolute Gasteiger partial charge is 0.508 e. The van der Waals surface area contributed by atoms with E-state index in [1.807, 2.05) is 0 Å². The van der Waals surface area contributed by atoms with Gasteiger partial charge in [0, 0.05) is 31.3 Å². The van der Waals surface area contributed by atoms with Gasteiger partial charge in [-0.05, 0) is 25.3 Å². The van der Waals surface area contributed by atoms with Crippen LogP contribution in [-0.4, -0.2) is 30.3 Å². The number of hydrogen-bond donors (Lipinski definition) is 1. The predicted octanol–water partition coefficient (Wildman–Crippen LogP) is 2.41. The van der Waals surface area contributed by atoms with Gasteiger partial charge in [-0.3, -0.25) is 9.36 Å². The zero-order valence-electron chi connectivity index (χ0n) is 13.5. The molecule has 1 saturated carbocycles. The smallest absolute Gasteiger partial charge is 0.329 e. The molecule has 1 aliphatic heterocycles. The lowest BCUT2D eigenvalue weighted by Gasteiger charge is -2.20. The summed E-state index contributed by atoms with van der Waals surface area (Å²) < 4.78 is 6.71. The lowest BCUT2D eigenvalue weighted by molar-refractivity contribution is -0.147. The second-order valence-electron chi connectivity index (χ2n) is 7.56. The Labute approximate surface area is 130 Å². The Bertz CT molecular complexity index is 690. The quantitative estimate of drug-likeness (QED) is 0.686. The van der Waals surface area contributed by atoms with Gasteiger partial charge in [-0.2, -0.15) is 0 Å². The number of hydrogen-bond acceptors (Lipinski definition) is 4. The molecule has 5 nitrogen and oxygen atoms in total. The number of aromatic hydroxyl groups is 1. The average molecular weight is 321 g/mol. The summed E-state index contributed by atoms with van der Waals surface area (Å²) in [7, 11) is -1.40. The van der Waals surface area contributed by atoms with E-state index in [1.165, 1.54) is 6.07 Å². The van der Waals surface area contributed by atoms with Crippen LogP contribution in [0.1, 0.15) is 31.5 Å². The first kappa shape index (κ1) is 15.3. The van der Waals surface area contributed by atoms with Gasteiger partial charge in [0.05, 0.1) is 6.61 Å². The summed E-state index contributed by atoms with van der Waals surface area (Å²) in [4.78, 5) is 24.6. The van der Waals surface area contributed by atoms with Crippen LogP contribution in [0.5, 0.6) is 5.75 Å². The Morgan fingerprint density at radius 2 is 2.09 bits per heavy atom. The van der Waals surface area contributed by atoms with E-state index in [2.05, 4.69) is 19.6 Å². The van der Waals surface area contributed by atoms with Crippen LogP contribution < -0.4 is 5.56 Å². The molecule has 3 unspecified atom stereocenters. The first-order valence-electron chi connectivity index (χ1n) is 7.83. The van der Waals surface area contributed by atoms with Gasteiger partial charge in [0.15, 0.2) is 0 Å². The average Bonchev–Trinajstić information content (AvgIpc) is 3.03. The zero-order valence-corrected chi connectivity index (χ0v) is 14.5. The second kappa shape index (κ2) is 4.71. The molecule has 1 aliphatic carbocycles. The van der Waals surface area contributed by atoms with Crippen molar-refractivity contribution >= 4 is 14.0 Å². The summed E-state index contributed by atoms with van der Waals surface area (Å²) in [5, 5.41) is 9.84. The molecule has 0 radical (unpaired) electrons. The van der Waals surface area contributed by atoms with Crippen LogP contribution in [0.15, 0.2) is 16.9 Å². The molecule has 2 heterocycles. The van der Waals surface area contributed by atoms with E-state index in [9.17, 15) is 14.7 Å². The molecule has 0 amide bonds. The van der Waals surface area contributed by atoms with Crippen LogP contribution in [0, 0.1) is 0 Å². The molecule has 1 spiro atoms. The third-order valence-electron chi connectivity index (χ3n) is 5.11. The molecule has 3 atom stereocenters. The van der Waals surface area contributed by atoms with E-state index in [1.54, 1.807) is 17.6 Å². The molecule has 1 N–H and O–H groups in total. The lowest BCUT2D eigenvalue weighted by Crippen LogP contribution is -2.28. The molecule has 22 heavy (non-hydrogen) atoms. The number of aromatic nitrogens is 1. The summed E-state index contributed by atoms with van der Waals surface area (Å²) in [6, 6.07) is 2.30. The second-order valence-corrected chi connectivity index (χ2v) is 13.0. The number of rotatable bonds is 3. The third kappa shape index (κ3) is 2.12. The van der Waals surface area contributed by atoms with E-state index >= 15 is 0 Å². The predicted molar refractivity (Wildman–Crippen MR) is 86.0 cm³/mol. The van der Waals surface area contributed by atoms with Crippen LogP contribution >= 0.6 is 0 Å². The monoisotopic (exact) mass is 321 g/mol. The van der Waals surface area contributed by atoms with E-state index in [0.717, 1.165) is 12.1 Å². The van der Waals surface area contributed by atoms with Crippen LogP contribution in [0.3, 0.4) is 0 Å². The molecule has 0 aromatic carbocycles. The van der Waals surface area contributed by atoms with Crippen molar-refractivity contribution in [1.82, 2.24) is 4.57 Å². The number of ether oxygens (including phenoxy) is 1. The molecule has 0 saturated heterocycles. The molecule has 1 fully saturated rings. The maximum Gasteiger partial charge on any atom is 0.329 e. The number of carbonyl (C=O) groups excluding carboxylic acids is 1. The molecule has 3 rings (SSSR count). The SMILES string of the molecule is CCOC(=O)C1CC2(CC2[Si](C)(C)C)c2cc(O)cc(=O)n21. The molecule has 6 heteroatoms. The fourth-order valence-corrected chi connectivity index (χ4v) is 7.09. The van der Waals surface area contributed by atoms with Crippen LogP contribution in [0.4, 0.5) is 0 Å². The Hall–Kier alpha value is -1.56. The van der Waals surface area contributed by atoms with E-state index in [0.29, 0.717) is 18.6 Å². The van der Waals surface area contributed by atoms with Gasteiger partial charge in [0.25, 0.3) is 5.56 Å². The fourth-order valence-electron chi connectivity index (χ4n) is 4.19. The highest BCUT2D eigenvalue weighted by Crippen LogP contribution is 2.69. The Kier molecular flexibility index (Phi) is 3.29. The molecule has 1 aromatic rings. The molecular formula is C16H23NO4Si. The number of fused-ring (bicyclic) bond motifs is 2. The summed E-state index contributed by atoms with van der Waals surface area (Å²) in [6.45, 7) is 9.02. The highest BCUT2D eigenvalue weighted by Gasteiger charge is 2.66. The van der Waals surface area contributed by atoms with E-state index < -0.39 is 14.1 Å². The molecular weight excluding hydrogens is 298 g/mol. The fraction of sp³-hybridized carbons (Fsp3) is 0.625. The molecule has 0 bridgehead atoms. The van der Waals surface area contributed by atoms with Crippen LogP contribution in [0.25, 0.3) is 0 Å². The first-order valence-corrected chi connectivity index (χ1v) is 11.4. The maximum atomic E-state index is 12.3. The standard InChI is InChI=1S/C16H23NO4Si/c1-5-21-15(20)11-8-16(9-13(16)22(2,3)4)12-6-10(18)7-14(19)17(11)12/h6-7,11,13,18H,5,8-9H2,1-4H3. The van der Waals surface area contributed by atoms with Gasteiger partial charge >= 0.3 is 5.97 Å². The highest BCUT2D eigenvalue weighted by molar-refractivity contribution is 6.78. The lowest BCUT2D eigenvalue weighted by atomic mass is 9.98. The summed E-state index contributed by atoms with van der Waals surface area (Å²) in [6.07, 6.45) is 1.63. The third-order valence-corrected chi connectivity index (χ3v) is 7.96. The van der Waals surface area contributed by atoms with Gasteiger partial charge in [-0.15, -0.1) is 0 Å². The van der Waals surface area contributed by atoms with Gasteiger partial charge in [0.2, 0.25) is 0 Å². The van der Waals surface area contributed by atoms with E-state index in [4.69, 9.17) is 4.74 Å².